The van der Waals surface area contributed by atoms with E-state index in [1.807, 2.05) is 25.1 Å². The second kappa shape index (κ2) is 6.74. The van der Waals surface area contributed by atoms with Crippen LogP contribution in [0.25, 0.3) is 0 Å². The van der Waals surface area contributed by atoms with Crippen LogP contribution in [0.1, 0.15) is 24.1 Å². The van der Waals surface area contributed by atoms with E-state index in [4.69, 9.17) is 0 Å². The molecule has 21 heavy (non-hydrogen) atoms. The molecule has 1 heterocycles. The summed E-state index contributed by atoms with van der Waals surface area (Å²) in [6.07, 6.45) is 3.42. The summed E-state index contributed by atoms with van der Waals surface area (Å²) in [5.41, 5.74) is 1.83. The van der Waals surface area contributed by atoms with Crippen molar-refractivity contribution in [3.05, 3.63) is 59.9 Å². The van der Waals surface area contributed by atoms with Crippen LogP contribution in [0.5, 0.6) is 5.75 Å². The Morgan fingerprint density at radius 3 is 2.86 bits per heavy atom. The van der Waals surface area contributed by atoms with Crippen molar-refractivity contribution >= 4 is 6.03 Å². The highest BCUT2D eigenvalue weighted by atomic mass is 16.3. The Bertz CT molecular complexity index is 601. The lowest BCUT2D eigenvalue weighted by molar-refractivity contribution is 0.194. The lowest BCUT2D eigenvalue weighted by Gasteiger charge is -2.25. The Morgan fingerprint density at radius 1 is 1.38 bits per heavy atom. The summed E-state index contributed by atoms with van der Waals surface area (Å²) in [5, 5.41) is 12.4. The van der Waals surface area contributed by atoms with Gasteiger partial charge in [0.25, 0.3) is 0 Å². The first-order valence-corrected chi connectivity index (χ1v) is 6.76. The largest absolute Gasteiger partial charge is 0.508 e. The molecule has 110 valence electrons. The molecule has 0 fully saturated rings. The second-order valence-electron chi connectivity index (χ2n) is 4.90. The first kappa shape index (κ1) is 14.8. The number of aromatic hydroxyl groups is 1. The van der Waals surface area contributed by atoms with Crippen molar-refractivity contribution in [2.75, 3.05) is 7.05 Å². The predicted octanol–water partition coefficient (Wildman–Crippen LogP) is 2.69. The van der Waals surface area contributed by atoms with Crippen molar-refractivity contribution < 1.29 is 9.90 Å². The summed E-state index contributed by atoms with van der Waals surface area (Å²) in [5.74, 6) is 0.198. The maximum absolute atomic E-state index is 12.1. The number of nitrogens with zero attached hydrogens (tertiary/aromatic N) is 2. The fraction of sp³-hybridized carbons (Fsp3) is 0.250. The molecule has 2 aromatic rings. The van der Waals surface area contributed by atoms with Crippen molar-refractivity contribution in [1.82, 2.24) is 15.2 Å². The van der Waals surface area contributed by atoms with Gasteiger partial charge in [0.05, 0.1) is 6.04 Å². The molecule has 0 aliphatic heterocycles. The van der Waals surface area contributed by atoms with E-state index in [1.165, 1.54) is 0 Å². The van der Waals surface area contributed by atoms with E-state index in [-0.39, 0.29) is 17.8 Å². The summed E-state index contributed by atoms with van der Waals surface area (Å²) in [6.45, 7) is 2.35. The Morgan fingerprint density at radius 2 is 2.19 bits per heavy atom. The second-order valence-corrected chi connectivity index (χ2v) is 4.90. The molecule has 0 unspecified atom stereocenters. The average Bonchev–Trinajstić information content (AvgIpc) is 2.52. The molecule has 0 aliphatic rings. The van der Waals surface area contributed by atoms with Gasteiger partial charge in [-0.05, 0) is 36.2 Å². The van der Waals surface area contributed by atoms with E-state index in [9.17, 15) is 9.90 Å². The highest BCUT2D eigenvalue weighted by Gasteiger charge is 2.17. The minimum absolute atomic E-state index is 0.133. The smallest absolute Gasteiger partial charge is 0.317 e. The number of benzene rings is 1. The number of pyridine rings is 1. The zero-order chi connectivity index (χ0) is 15.2. The zero-order valence-electron chi connectivity index (χ0n) is 12.2. The number of amides is 2. The molecule has 0 bridgehead atoms. The van der Waals surface area contributed by atoms with Gasteiger partial charge in [-0.25, -0.2) is 4.79 Å². The predicted molar refractivity (Wildman–Crippen MR) is 80.8 cm³/mol. The Labute approximate surface area is 124 Å². The number of rotatable bonds is 4. The summed E-state index contributed by atoms with van der Waals surface area (Å²) in [7, 11) is 1.73. The van der Waals surface area contributed by atoms with Gasteiger partial charge >= 0.3 is 6.03 Å². The van der Waals surface area contributed by atoms with E-state index < -0.39 is 0 Å². The molecule has 1 aromatic carbocycles. The van der Waals surface area contributed by atoms with Gasteiger partial charge in [-0.2, -0.15) is 0 Å². The van der Waals surface area contributed by atoms with Crippen LogP contribution in [-0.4, -0.2) is 28.1 Å². The SMILES string of the molecule is C[C@@H](c1cccc(O)c1)N(C)C(=O)NCc1cccnc1. The van der Waals surface area contributed by atoms with Crippen molar-refractivity contribution in [2.24, 2.45) is 0 Å². The van der Waals surface area contributed by atoms with Crippen LogP contribution in [0.2, 0.25) is 0 Å². The van der Waals surface area contributed by atoms with E-state index >= 15 is 0 Å². The minimum atomic E-state index is -0.172. The quantitative estimate of drug-likeness (QED) is 0.907. The Balaban J connectivity index is 1.95. The third-order valence-corrected chi connectivity index (χ3v) is 3.42. The van der Waals surface area contributed by atoms with Crippen LogP contribution >= 0.6 is 0 Å². The Kier molecular flexibility index (Phi) is 4.77. The van der Waals surface area contributed by atoms with Gasteiger partial charge in [0.15, 0.2) is 0 Å². The average molecular weight is 285 g/mol. The van der Waals surface area contributed by atoms with Crippen molar-refractivity contribution in [3.8, 4) is 5.75 Å². The highest BCUT2D eigenvalue weighted by molar-refractivity contribution is 5.74. The standard InChI is InChI=1S/C16H19N3O2/c1-12(14-6-3-7-15(20)9-14)19(2)16(21)18-11-13-5-4-8-17-10-13/h3-10,12,20H,11H2,1-2H3,(H,18,21)/t12-/m0/s1. The van der Waals surface area contributed by atoms with Crippen LogP contribution in [-0.2, 0) is 6.54 Å². The number of hydrogen-bond donors (Lipinski definition) is 2. The van der Waals surface area contributed by atoms with Gasteiger partial charge in [-0.3, -0.25) is 4.98 Å². The van der Waals surface area contributed by atoms with Crippen LogP contribution in [0, 0.1) is 0 Å². The van der Waals surface area contributed by atoms with Gasteiger partial charge in [0.2, 0.25) is 0 Å². The van der Waals surface area contributed by atoms with Crippen LogP contribution < -0.4 is 5.32 Å². The molecular weight excluding hydrogens is 266 g/mol. The van der Waals surface area contributed by atoms with Crippen LogP contribution in [0.3, 0.4) is 0 Å². The molecule has 0 spiro atoms. The molecule has 2 N–H and O–H groups in total. The zero-order valence-corrected chi connectivity index (χ0v) is 12.2. The Hall–Kier alpha value is -2.56. The molecule has 2 amide bonds. The number of urea groups is 1. The fourth-order valence-corrected chi connectivity index (χ4v) is 1.99. The lowest BCUT2D eigenvalue weighted by atomic mass is 10.1. The maximum Gasteiger partial charge on any atom is 0.317 e. The van der Waals surface area contributed by atoms with E-state index in [0.717, 1.165) is 11.1 Å². The molecule has 0 saturated carbocycles. The molecule has 1 atom stereocenters. The molecule has 5 heteroatoms. The third kappa shape index (κ3) is 3.95. The van der Waals surface area contributed by atoms with Gasteiger partial charge in [-0.1, -0.05) is 18.2 Å². The van der Waals surface area contributed by atoms with Gasteiger partial charge in [-0.15, -0.1) is 0 Å². The lowest BCUT2D eigenvalue weighted by Crippen LogP contribution is -2.38. The summed E-state index contributed by atoms with van der Waals surface area (Å²) >= 11 is 0. The number of carbonyl (C=O) groups is 1. The minimum Gasteiger partial charge on any atom is -0.508 e. The molecule has 1 aromatic heterocycles. The maximum atomic E-state index is 12.1. The van der Waals surface area contributed by atoms with Crippen LogP contribution in [0.15, 0.2) is 48.8 Å². The van der Waals surface area contributed by atoms with E-state index in [0.29, 0.717) is 6.54 Å². The van der Waals surface area contributed by atoms with Gasteiger partial charge in [0.1, 0.15) is 5.75 Å². The first-order chi connectivity index (χ1) is 10.1. The van der Waals surface area contributed by atoms with Crippen molar-refractivity contribution in [2.45, 2.75) is 19.5 Å². The number of nitrogens with one attached hydrogen (secondary N) is 1. The fourth-order valence-electron chi connectivity index (χ4n) is 1.99. The molecule has 0 aliphatic carbocycles. The number of phenolic OH excluding ortho intramolecular Hbond substituents is 1. The monoisotopic (exact) mass is 285 g/mol. The highest BCUT2D eigenvalue weighted by Crippen LogP contribution is 2.22. The first-order valence-electron chi connectivity index (χ1n) is 6.76. The number of carbonyl (C=O) groups excluding carboxylic acids is 1. The van der Waals surface area contributed by atoms with Gasteiger partial charge < -0.3 is 15.3 Å². The summed E-state index contributed by atoms with van der Waals surface area (Å²) < 4.78 is 0. The van der Waals surface area contributed by atoms with Crippen LogP contribution in [0.4, 0.5) is 4.79 Å². The molecule has 2 rings (SSSR count). The van der Waals surface area contributed by atoms with E-state index in [1.54, 1.807) is 42.5 Å². The summed E-state index contributed by atoms with van der Waals surface area (Å²) in [4.78, 5) is 17.8. The molecule has 5 nitrogen and oxygen atoms in total. The third-order valence-electron chi connectivity index (χ3n) is 3.42. The molecular formula is C16H19N3O2. The number of hydrogen-bond acceptors (Lipinski definition) is 3. The summed E-state index contributed by atoms with van der Waals surface area (Å²) in [6, 6.07) is 10.4. The normalized spacial score (nSPS) is 11.7. The topological polar surface area (TPSA) is 65.5 Å². The molecule has 0 radical (unpaired) electrons. The van der Waals surface area contributed by atoms with Crippen molar-refractivity contribution in [3.63, 3.8) is 0 Å². The number of aromatic nitrogens is 1. The van der Waals surface area contributed by atoms with Crippen molar-refractivity contribution in [1.29, 1.82) is 0 Å². The van der Waals surface area contributed by atoms with E-state index in [2.05, 4.69) is 10.3 Å². The molecule has 0 saturated heterocycles. The van der Waals surface area contributed by atoms with Gasteiger partial charge in [0, 0.05) is 26.0 Å². The number of phenols is 1.